The largest absolute Gasteiger partial charge is 0.0877 e. The third-order valence-electron chi connectivity index (χ3n) is 1.81. The Bertz CT molecular complexity index is 226. The first-order valence-electron chi connectivity index (χ1n) is 4.02. The molecule has 0 spiro atoms. The quantitative estimate of drug-likeness (QED) is 0.532. The summed E-state index contributed by atoms with van der Waals surface area (Å²) in [6, 6.07) is 0. The minimum absolute atomic E-state index is 0.566. The standard InChI is InChI=1S/C11H14/c1-3-4-8-11-9-6-5-7-10(11)2/h3-10H,1-2H3/b4-3-,11-8-. The predicted octanol–water partition coefficient (Wildman–Crippen LogP) is 3.25. The minimum Gasteiger partial charge on any atom is -0.0877 e. The molecule has 1 rings (SSSR count). The molecule has 0 saturated carbocycles. The molecule has 1 unspecified atom stereocenters. The predicted molar refractivity (Wildman–Crippen MR) is 50.3 cm³/mol. The molecule has 0 bridgehead atoms. The van der Waals surface area contributed by atoms with Crippen LogP contribution in [0.3, 0.4) is 0 Å². The Morgan fingerprint density at radius 1 is 1.36 bits per heavy atom. The molecule has 0 amide bonds. The highest BCUT2D eigenvalue weighted by molar-refractivity contribution is 5.34. The average Bonchev–Trinajstić information content (AvgIpc) is 2.03. The summed E-state index contributed by atoms with van der Waals surface area (Å²) in [5, 5.41) is 0. The van der Waals surface area contributed by atoms with Crippen LogP contribution in [0.25, 0.3) is 0 Å². The maximum absolute atomic E-state index is 2.20. The molecule has 0 aromatic heterocycles. The third kappa shape index (κ3) is 2.23. The third-order valence-corrected chi connectivity index (χ3v) is 1.81. The second-order valence-electron chi connectivity index (χ2n) is 2.73. The lowest BCUT2D eigenvalue weighted by molar-refractivity contribution is 0.883. The van der Waals surface area contributed by atoms with Crippen molar-refractivity contribution in [1.82, 2.24) is 0 Å². The molecule has 1 aliphatic rings. The Morgan fingerprint density at radius 3 is 2.82 bits per heavy atom. The van der Waals surface area contributed by atoms with Crippen molar-refractivity contribution in [3.63, 3.8) is 0 Å². The summed E-state index contributed by atoms with van der Waals surface area (Å²) in [7, 11) is 0. The Labute approximate surface area is 68.6 Å². The van der Waals surface area contributed by atoms with Gasteiger partial charge in [-0.25, -0.2) is 0 Å². The van der Waals surface area contributed by atoms with E-state index in [4.69, 9.17) is 0 Å². The lowest BCUT2D eigenvalue weighted by atomic mass is 9.96. The van der Waals surface area contributed by atoms with Gasteiger partial charge in [-0.1, -0.05) is 49.5 Å². The van der Waals surface area contributed by atoms with Crippen LogP contribution in [0.15, 0.2) is 48.1 Å². The van der Waals surface area contributed by atoms with E-state index < -0.39 is 0 Å². The molecule has 0 aromatic carbocycles. The molecule has 0 heterocycles. The average molecular weight is 146 g/mol. The molecular formula is C11H14. The molecule has 0 fully saturated rings. The molecule has 0 heteroatoms. The zero-order chi connectivity index (χ0) is 8.10. The molecule has 1 atom stereocenters. The molecule has 0 radical (unpaired) electrons. The van der Waals surface area contributed by atoms with Gasteiger partial charge in [0.15, 0.2) is 0 Å². The van der Waals surface area contributed by atoms with Gasteiger partial charge in [-0.2, -0.15) is 0 Å². The van der Waals surface area contributed by atoms with Gasteiger partial charge in [-0.15, -0.1) is 0 Å². The lowest BCUT2D eigenvalue weighted by Crippen LogP contribution is -1.94. The Kier molecular flexibility index (Phi) is 2.91. The fourth-order valence-electron chi connectivity index (χ4n) is 1.08. The Balaban J connectivity index is 2.72. The number of hydrogen-bond donors (Lipinski definition) is 0. The molecule has 58 valence electrons. The summed E-state index contributed by atoms with van der Waals surface area (Å²) in [6.07, 6.45) is 14.8. The van der Waals surface area contributed by atoms with E-state index >= 15 is 0 Å². The molecule has 11 heavy (non-hydrogen) atoms. The van der Waals surface area contributed by atoms with Gasteiger partial charge in [-0.05, 0) is 18.4 Å². The molecule has 1 aliphatic carbocycles. The molecule has 0 aliphatic heterocycles. The van der Waals surface area contributed by atoms with Crippen LogP contribution >= 0.6 is 0 Å². The van der Waals surface area contributed by atoms with Crippen molar-refractivity contribution in [3.05, 3.63) is 48.1 Å². The fraction of sp³-hybridized carbons (Fsp3) is 0.273. The van der Waals surface area contributed by atoms with Crippen LogP contribution in [-0.4, -0.2) is 0 Å². The van der Waals surface area contributed by atoms with Gasteiger partial charge >= 0.3 is 0 Å². The maximum Gasteiger partial charge on any atom is -0.000732 e. The molecule has 0 N–H and O–H groups in total. The van der Waals surface area contributed by atoms with Crippen molar-refractivity contribution in [3.8, 4) is 0 Å². The van der Waals surface area contributed by atoms with Crippen molar-refractivity contribution >= 4 is 0 Å². The number of allylic oxidation sites excluding steroid dienone is 8. The summed E-state index contributed by atoms with van der Waals surface area (Å²) >= 11 is 0. The van der Waals surface area contributed by atoms with E-state index in [1.165, 1.54) is 5.57 Å². The van der Waals surface area contributed by atoms with Crippen LogP contribution in [0.4, 0.5) is 0 Å². The summed E-state index contributed by atoms with van der Waals surface area (Å²) in [5.41, 5.74) is 1.38. The number of hydrogen-bond acceptors (Lipinski definition) is 0. The van der Waals surface area contributed by atoms with Crippen molar-refractivity contribution in [2.75, 3.05) is 0 Å². The molecule has 0 aromatic rings. The van der Waals surface area contributed by atoms with Crippen LogP contribution in [0.1, 0.15) is 13.8 Å². The Hall–Kier alpha value is -1.04. The smallest absolute Gasteiger partial charge is 0.000732 e. The first kappa shape index (κ1) is 8.06. The maximum atomic E-state index is 2.20. The van der Waals surface area contributed by atoms with Gasteiger partial charge in [0.1, 0.15) is 0 Å². The van der Waals surface area contributed by atoms with Crippen molar-refractivity contribution in [2.24, 2.45) is 5.92 Å². The highest BCUT2D eigenvalue weighted by Gasteiger charge is 2.02. The van der Waals surface area contributed by atoms with E-state index in [0.717, 1.165) is 0 Å². The molecule has 0 saturated heterocycles. The molecular weight excluding hydrogens is 132 g/mol. The van der Waals surface area contributed by atoms with Crippen molar-refractivity contribution in [1.29, 1.82) is 0 Å². The monoisotopic (exact) mass is 146 g/mol. The van der Waals surface area contributed by atoms with E-state index in [9.17, 15) is 0 Å². The summed E-state index contributed by atoms with van der Waals surface area (Å²) in [4.78, 5) is 0. The van der Waals surface area contributed by atoms with E-state index in [2.05, 4.69) is 43.4 Å². The van der Waals surface area contributed by atoms with Crippen LogP contribution < -0.4 is 0 Å². The van der Waals surface area contributed by atoms with Crippen LogP contribution in [0.5, 0.6) is 0 Å². The SMILES string of the molecule is C/C=C\C=C1\C=CC=CC1C. The fourth-order valence-corrected chi connectivity index (χ4v) is 1.08. The first-order valence-corrected chi connectivity index (χ1v) is 4.02. The van der Waals surface area contributed by atoms with Crippen molar-refractivity contribution < 1.29 is 0 Å². The summed E-state index contributed by atoms with van der Waals surface area (Å²) < 4.78 is 0. The van der Waals surface area contributed by atoms with E-state index in [0.29, 0.717) is 5.92 Å². The summed E-state index contributed by atoms with van der Waals surface area (Å²) in [5.74, 6) is 0.566. The van der Waals surface area contributed by atoms with Crippen LogP contribution in [0, 0.1) is 5.92 Å². The second-order valence-corrected chi connectivity index (χ2v) is 2.73. The van der Waals surface area contributed by atoms with Crippen LogP contribution in [-0.2, 0) is 0 Å². The van der Waals surface area contributed by atoms with E-state index in [1.807, 2.05) is 13.0 Å². The molecule has 0 nitrogen and oxygen atoms in total. The van der Waals surface area contributed by atoms with Gasteiger partial charge in [0.2, 0.25) is 0 Å². The van der Waals surface area contributed by atoms with Gasteiger partial charge < -0.3 is 0 Å². The summed E-state index contributed by atoms with van der Waals surface area (Å²) in [6.45, 7) is 4.24. The topological polar surface area (TPSA) is 0 Å². The van der Waals surface area contributed by atoms with Gasteiger partial charge in [0.25, 0.3) is 0 Å². The normalized spacial score (nSPS) is 27.1. The highest BCUT2D eigenvalue weighted by atomic mass is 14.1. The van der Waals surface area contributed by atoms with E-state index in [-0.39, 0.29) is 0 Å². The minimum atomic E-state index is 0.566. The highest BCUT2D eigenvalue weighted by Crippen LogP contribution is 2.17. The zero-order valence-corrected chi connectivity index (χ0v) is 7.12. The lowest BCUT2D eigenvalue weighted by Gasteiger charge is -2.09. The van der Waals surface area contributed by atoms with Crippen molar-refractivity contribution in [2.45, 2.75) is 13.8 Å². The Morgan fingerprint density at radius 2 is 2.18 bits per heavy atom. The zero-order valence-electron chi connectivity index (χ0n) is 7.12. The van der Waals surface area contributed by atoms with Gasteiger partial charge in [-0.3, -0.25) is 0 Å². The first-order chi connectivity index (χ1) is 5.34. The van der Waals surface area contributed by atoms with Gasteiger partial charge in [0, 0.05) is 0 Å². The second kappa shape index (κ2) is 3.97. The van der Waals surface area contributed by atoms with Crippen LogP contribution in [0.2, 0.25) is 0 Å². The van der Waals surface area contributed by atoms with E-state index in [1.54, 1.807) is 0 Å². The van der Waals surface area contributed by atoms with Gasteiger partial charge in [0.05, 0.1) is 0 Å². The number of rotatable bonds is 1.